The Morgan fingerprint density at radius 1 is 1.27 bits per heavy atom. The van der Waals surface area contributed by atoms with Crippen molar-refractivity contribution >= 4 is 33.3 Å². The van der Waals surface area contributed by atoms with E-state index in [0.29, 0.717) is 10.6 Å². The van der Waals surface area contributed by atoms with Crippen molar-refractivity contribution in [1.29, 1.82) is 0 Å². The van der Waals surface area contributed by atoms with Crippen LogP contribution >= 0.6 is 11.6 Å². The summed E-state index contributed by atoms with van der Waals surface area (Å²) in [7, 11) is -0.731. The highest BCUT2D eigenvalue weighted by atomic mass is 35.5. The fourth-order valence-electron chi connectivity index (χ4n) is 2.85. The number of sulfone groups is 1. The second kappa shape index (κ2) is 6.69. The molecule has 0 bridgehead atoms. The number of amides is 1. The molecule has 9 heteroatoms. The quantitative estimate of drug-likeness (QED) is 0.740. The van der Waals surface area contributed by atoms with Crippen molar-refractivity contribution in [3.63, 3.8) is 0 Å². The molecule has 1 aliphatic rings. The molecule has 7 nitrogen and oxygen atoms in total. The molecule has 1 aromatic heterocycles. The summed E-state index contributed by atoms with van der Waals surface area (Å²) in [6.45, 7) is 0. The maximum absolute atomic E-state index is 12.7. The molecular formula is C17H15ClN2O5S. The Morgan fingerprint density at radius 3 is 2.62 bits per heavy atom. The molecule has 0 fully saturated rings. The van der Waals surface area contributed by atoms with E-state index in [9.17, 15) is 18.0 Å². The Balaban J connectivity index is 1.90. The van der Waals surface area contributed by atoms with E-state index in [1.807, 2.05) is 0 Å². The summed E-state index contributed by atoms with van der Waals surface area (Å²) in [4.78, 5) is 29.6. The van der Waals surface area contributed by atoms with Gasteiger partial charge >= 0.3 is 5.97 Å². The van der Waals surface area contributed by atoms with Gasteiger partial charge in [-0.15, -0.1) is 0 Å². The highest BCUT2D eigenvalue weighted by Gasteiger charge is 2.39. The molecule has 136 valence electrons. The molecule has 1 atom stereocenters. The number of hydrogen-bond donors (Lipinski definition) is 0. The summed E-state index contributed by atoms with van der Waals surface area (Å²) in [6, 6.07) is 6.68. The molecular weight excluding hydrogens is 380 g/mol. The lowest BCUT2D eigenvalue weighted by Crippen LogP contribution is -2.32. The van der Waals surface area contributed by atoms with Gasteiger partial charge < -0.3 is 9.64 Å². The molecule has 1 amide bonds. The van der Waals surface area contributed by atoms with Crippen molar-refractivity contribution in [2.24, 2.45) is 0 Å². The van der Waals surface area contributed by atoms with E-state index in [-0.39, 0.29) is 21.9 Å². The van der Waals surface area contributed by atoms with E-state index in [4.69, 9.17) is 11.6 Å². The third-order valence-corrected chi connectivity index (χ3v) is 6.27. The molecule has 0 aliphatic carbocycles. The fourth-order valence-corrected chi connectivity index (χ4v) is 4.86. The van der Waals surface area contributed by atoms with Crippen LogP contribution in [0.4, 0.5) is 0 Å². The number of carbonyl (C=O) groups excluding carboxylic acids is 2. The molecule has 0 unspecified atom stereocenters. The van der Waals surface area contributed by atoms with Crippen LogP contribution < -0.4 is 0 Å². The monoisotopic (exact) mass is 394 g/mol. The van der Waals surface area contributed by atoms with Gasteiger partial charge in [0.2, 0.25) is 0 Å². The highest BCUT2D eigenvalue weighted by Crippen LogP contribution is 2.38. The van der Waals surface area contributed by atoms with E-state index in [1.165, 1.54) is 49.5 Å². The van der Waals surface area contributed by atoms with Gasteiger partial charge in [0.15, 0.2) is 9.84 Å². The van der Waals surface area contributed by atoms with Gasteiger partial charge in [-0.25, -0.2) is 13.2 Å². The minimum absolute atomic E-state index is 0.0908. The summed E-state index contributed by atoms with van der Waals surface area (Å²) >= 11 is 5.99. The van der Waals surface area contributed by atoms with E-state index in [0.717, 1.165) is 0 Å². The molecule has 0 N–H and O–H groups in total. The number of halogens is 1. The molecule has 0 radical (unpaired) electrons. The van der Waals surface area contributed by atoms with Crippen LogP contribution in [0.2, 0.25) is 5.02 Å². The number of carbonyl (C=O) groups is 2. The van der Waals surface area contributed by atoms with Gasteiger partial charge in [0, 0.05) is 18.3 Å². The zero-order valence-corrected chi connectivity index (χ0v) is 15.5. The standard InChI is InChI=1S/C17H15ClN2O5S/c1-20(16(21)13-5-3-10(8-19-13)17(22)25-2)14-9-26(23,24)15-6-4-11(18)7-12(14)15/h3-8,14H,9H2,1-2H3/t14-/m0/s1. The third kappa shape index (κ3) is 3.17. The molecule has 2 heterocycles. The van der Waals surface area contributed by atoms with Gasteiger partial charge in [-0.05, 0) is 35.9 Å². The number of aromatic nitrogens is 1. The summed E-state index contributed by atoms with van der Waals surface area (Å²) in [5, 5.41) is 0.396. The molecule has 3 rings (SSSR count). The normalized spacial score (nSPS) is 17.4. The first-order chi connectivity index (χ1) is 12.2. The van der Waals surface area contributed by atoms with Crippen molar-refractivity contribution in [2.45, 2.75) is 10.9 Å². The molecule has 1 aromatic carbocycles. The van der Waals surface area contributed by atoms with Gasteiger partial charge in [0.05, 0.1) is 29.4 Å². The van der Waals surface area contributed by atoms with Gasteiger partial charge in [-0.2, -0.15) is 0 Å². The second-order valence-electron chi connectivity index (χ2n) is 5.82. The first kappa shape index (κ1) is 18.3. The molecule has 1 aliphatic heterocycles. The van der Waals surface area contributed by atoms with Crippen LogP contribution in [-0.4, -0.2) is 50.1 Å². The molecule has 2 aromatic rings. The number of methoxy groups -OCH3 is 1. The first-order valence-corrected chi connectivity index (χ1v) is 9.61. The van der Waals surface area contributed by atoms with Gasteiger partial charge in [-0.1, -0.05) is 11.6 Å². The summed E-state index contributed by atoms with van der Waals surface area (Å²) in [5.41, 5.74) is 0.792. The molecule has 0 saturated heterocycles. The zero-order valence-electron chi connectivity index (χ0n) is 14.0. The maximum atomic E-state index is 12.7. The Kier molecular flexibility index (Phi) is 4.72. The van der Waals surface area contributed by atoms with Crippen molar-refractivity contribution in [2.75, 3.05) is 19.9 Å². The van der Waals surface area contributed by atoms with Crippen molar-refractivity contribution < 1.29 is 22.7 Å². The van der Waals surface area contributed by atoms with E-state index < -0.39 is 27.8 Å². The smallest absolute Gasteiger partial charge is 0.339 e. The largest absolute Gasteiger partial charge is 0.465 e. The highest BCUT2D eigenvalue weighted by molar-refractivity contribution is 7.91. The number of rotatable bonds is 3. The number of hydrogen-bond acceptors (Lipinski definition) is 6. The Morgan fingerprint density at radius 2 is 2.00 bits per heavy atom. The predicted octanol–water partition coefficient (Wildman–Crippen LogP) is 2.12. The van der Waals surface area contributed by atoms with Crippen LogP contribution in [0, 0.1) is 0 Å². The lowest BCUT2D eigenvalue weighted by Gasteiger charge is -2.24. The summed E-state index contributed by atoms with van der Waals surface area (Å²) in [6.07, 6.45) is 1.24. The number of esters is 1. The average Bonchev–Trinajstić information content (AvgIpc) is 2.90. The molecule has 0 spiro atoms. The van der Waals surface area contributed by atoms with Crippen molar-refractivity contribution in [1.82, 2.24) is 9.88 Å². The minimum Gasteiger partial charge on any atom is -0.465 e. The first-order valence-electron chi connectivity index (χ1n) is 7.58. The zero-order chi connectivity index (χ0) is 19.1. The van der Waals surface area contributed by atoms with E-state index in [1.54, 1.807) is 6.07 Å². The lowest BCUT2D eigenvalue weighted by molar-refractivity contribution is 0.0598. The van der Waals surface area contributed by atoms with Crippen LogP contribution in [0.25, 0.3) is 0 Å². The van der Waals surface area contributed by atoms with Gasteiger partial charge in [0.25, 0.3) is 5.91 Å². The van der Waals surface area contributed by atoms with E-state index >= 15 is 0 Å². The fraction of sp³-hybridized carbons (Fsp3) is 0.235. The van der Waals surface area contributed by atoms with E-state index in [2.05, 4.69) is 9.72 Å². The minimum atomic E-state index is -3.49. The molecule has 26 heavy (non-hydrogen) atoms. The number of fused-ring (bicyclic) bond motifs is 1. The molecule has 0 saturated carbocycles. The van der Waals surface area contributed by atoms with Crippen LogP contribution in [0.1, 0.15) is 32.5 Å². The van der Waals surface area contributed by atoms with Gasteiger partial charge in [-0.3, -0.25) is 9.78 Å². The van der Waals surface area contributed by atoms with Crippen LogP contribution in [0.3, 0.4) is 0 Å². The third-order valence-electron chi connectivity index (χ3n) is 4.23. The number of benzene rings is 1. The summed E-state index contributed by atoms with van der Waals surface area (Å²) in [5.74, 6) is -1.24. The van der Waals surface area contributed by atoms with Crippen LogP contribution in [0.15, 0.2) is 41.4 Å². The Bertz CT molecular complexity index is 989. The topological polar surface area (TPSA) is 93.6 Å². The average molecular weight is 395 g/mol. The Hall–Kier alpha value is -2.45. The second-order valence-corrected chi connectivity index (χ2v) is 8.26. The predicted molar refractivity (Wildman–Crippen MR) is 93.9 cm³/mol. The van der Waals surface area contributed by atoms with Crippen LogP contribution in [0.5, 0.6) is 0 Å². The number of pyridine rings is 1. The SMILES string of the molecule is COC(=O)c1ccc(C(=O)N(C)[C@H]2CS(=O)(=O)c3ccc(Cl)cc32)nc1. The summed E-state index contributed by atoms with van der Waals surface area (Å²) < 4.78 is 29.3. The lowest BCUT2D eigenvalue weighted by atomic mass is 10.1. The van der Waals surface area contributed by atoms with Crippen LogP contribution in [-0.2, 0) is 14.6 Å². The number of ether oxygens (including phenoxy) is 1. The van der Waals surface area contributed by atoms with Crippen molar-refractivity contribution in [3.05, 3.63) is 58.4 Å². The Labute approximate surface area is 155 Å². The van der Waals surface area contributed by atoms with Gasteiger partial charge in [0.1, 0.15) is 5.69 Å². The van der Waals surface area contributed by atoms with Crippen molar-refractivity contribution in [3.8, 4) is 0 Å². The maximum Gasteiger partial charge on any atom is 0.339 e. The number of nitrogens with zero attached hydrogens (tertiary/aromatic N) is 2.